The van der Waals surface area contributed by atoms with Gasteiger partial charge >= 0.3 is 5.97 Å². The van der Waals surface area contributed by atoms with E-state index in [-0.39, 0.29) is 23.6 Å². The highest BCUT2D eigenvalue weighted by Crippen LogP contribution is 2.14. The zero-order valence-electron chi connectivity index (χ0n) is 15.0. The largest absolute Gasteiger partial charge is 0.469 e. The molecule has 0 aliphatic rings. The van der Waals surface area contributed by atoms with E-state index in [0.717, 1.165) is 5.56 Å². The Morgan fingerprint density at radius 1 is 0.963 bits per heavy atom. The van der Waals surface area contributed by atoms with Crippen molar-refractivity contribution in [2.75, 3.05) is 19.0 Å². The lowest BCUT2D eigenvalue weighted by molar-refractivity contribution is -0.141. The Morgan fingerprint density at radius 2 is 1.63 bits per heavy atom. The standard InChI is InChI=1S/C19H22N2O5S/c1-26-19(23)12-11-18(22)21-16-7-9-17(10-8-16)27(24,25)20-14-13-15-5-3-2-4-6-15/h2-10,20H,11-14H2,1H3,(H,21,22). The maximum atomic E-state index is 12.3. The molecule has 2 rings (SSSR count). The van der Waals surface area contributed by atoms with E-state index in [4.69, 9.17) is 0 Å². The monoisotopic (exact) mass is 390 g/mol. The molecule has 27 heavy (non-hydrogen) atoms. The molecule has 0 heterocycles. The summed E-state index contributed by atoms with van der Waals surface area (Å²) in [5.41, 5.74) is 1.50. The van der Waals surface area contributed by atoms with Crippen molar-refractivity contribution < 1.29 is 22.7 Å². The van der Waals surface area contributed by atoms with Gasteiger partial charge in [-0.1, -0.05) is 30.3 Å². The van der Waals surface area contributed by atoms with Crippen LogP contribution in [-0.2, 0) is 30.8 Å². The number of anilines is 1. The lowest BCUT2D eigenvalue weighted by Gasteiger charge is -2.09. The highest BCUT2D eigenvalue weighted by Gasteiger charge is 2.14. The average Bonchev–Trinajstić information content (AvgIpc) is 2.67. The summed E-state index contributed by atoms with van der Waals surface area (Å²) in [5, 5.41) is 2.60. The number of methoxy groups -OCH3 is 1. The van der Waals surface area contributed by atoms with E-state index >= 15 is 0 Å². The van der Waals surface area contributed by atoms with Crippen LogP contribution in [0.2, 0.25) is 0 Å². The van der Waals surface area contributed by atoms with E-state index in [1.54, 1.807) is 0 Å². The van der Waals surface area contributed by atoms with Crippen molar-refractivity contribution in [1.29, 1.82) is 0 Å². The molecule has 2 N–H and O–H groups in total. The van der Waals surface area contributed by atoms with E-state index in [1.165, 1.54) is 31.4 Å². The summed E-state index contributed by atoms with van der Waals surface area (Å²) in [6, 6.07) is 15.4. The Labute approximate surface area is 158 Å². The van der Waals surface area contributed by atoms with Gasteiger partial charge in [-0.15, -0.1) is 0 Å². The Morgan fingerprint density at radius 3 is 2.26 bits per heavy atom. The maximum Gasteiger partial charge on any atom is 0.306 e. The van der Waals surface area contributed by atoms with Crippen molar-refractivity contribution in [3.8, 4) is 0 Å². The van der Waals surface area contributed by atoms with E-state index in [1.807, 2.05) is 30.3 Å². The number of hydrogen-bond acceptors (Lipinski definition) is 5. The van der Waals surface area contributed by atoms with Crippen molar-refractivity contribution in [2.24, 2.45) is 0 Å². The molecule has 0 atom stereocenters. The molecule has 1 amide bonds. The number of ether oxygens (including phenoxy) is 1. The number of nitrogens with one attached hydrogen (secondary N) is 2. The number of benzene rings is 2. The molecule has 0 aromatic heterocycles. The molecular weight excluding hydrogens is 368 g/mol. The Kier molecular flexibility index (Phi) is 7.51. The van der Waals surface area contributed by atoms with Crippen LogP contribution in [0.1, 0.15) is 18.4 Å². The summed E-state index contributed by atoms with van der Waals surface area (Å²) in [7, 11) is -2.37. The van der Waals surface area contributed by atoms with Gasteiger partial charge in [0, 0.05) is 18.7 Å². The van der Waals surface area contributed by atoms with Crippen LogP contribution in [0.5, 0.6) is 0 Å². The van der Waals surface area contributed by atoms with Crippen LogP contribution in [0.15, 0.2) is 59.5 Å². The van der Waals surface area contributed by atoms with Crippen LogP contribution < -0.4 is 10.0 Å². The van der Waals surface area contributed by atoms with Gasteiger partial charge in [0.15, 0.2) is 0 Å². The molecule has 8 heteroatoms. The first kappa shape index (κ1) is 20.6. The fraction of sp³-hybridized carbons (Fsp3) is 0.263. The van der Waals surface area contributed by atoms with Gasteiger partial charge in [-0.2, -0.15) is 0 Å². The predicted molar refractivity (Wildman–Crippen MR) is 102 cm³/mol. The van der Waals surface area contributed by atoms with Crippen LogP contribution in [0, 0.1) is 0 Å². The van der Waals surface area contributed by atoms with Crippen molar-refractivity contribution >= 4 is 27.6 Å². The zero-order chi connectivity index (χ0) is 19.7. The number of amides is 1. The Hall–Kier alpha value is -2.71. The highest BCUT2D eigenvalue weighted by atomic mass is 32.2. The minimum absolute atomic E-state index is 0.00619. The second kappa shape index (κ2) is 9.84. The fourth-order valence-corrected chi connectivity index (χ4v) is 3.35. The molecule has 2 aromatic carbocycles. The lowest BCUT2D eigenvalue weighted by Crippen LogP contribution is -2.26. The van der Waals surface area contributed by atoms with Crippen LogP contribution >= 0.6 is 0 Å². The third kappa shape index (κ3) is 6.84. The molecule has 0 spiro atoms. The molecule has 0 aliphatic heterocycles. The van der Waals surface area contributed by atoms with Crippen molar-refractivity contribution in [3.63, 3.8) is 0 Å². The molecule has 144 valence electrons. The first-order valence-corrected chi connectivity index (χ1v) is 9.89. The van der Waals surface area contributed by atoms with Gasteiger partial charge in [-0.05, 0) is 36.2 Å². The van der Waals surface area contributed by atoms with Gasteiger partial charge in [0.05, 0.1) is 18.4 Å². The van der Waals surface area contributed by atoms with E-state index < -0.39 is 16.0 Å². The number of carbonyl (C=O) groups is 2. The Balaban J connectivity index is 1.87. The number of esters is 1. The van der Waals surface area contributed by atoms with E-state index in [2.05, 4.69) is 14.8 Å². The molecule has 0 saturated heterocycles. The van der Waals surface area contributed by atoms with Gasteiger partial charge in [0.2, 0.25) is 15.9 Å². The van der Waals surface area contributed by atoms with Crippen LogP contribution in [0.3, 0.4) is 0 Å². The molecular formula is C19H22N2O5S. The van der Waals surface area contributed by atoms with Crippen LogP contribution in [0.4, 0.5) is 5.69 Å². The number of carbonyl (C=O) groups excluding carboxylic acids is 2. The summed E-state index contributed by atoms with van der Waals surface area (Å²) in [6.07, 6.45) is 0.572. The second-order valence-electron chi connectivity index (χ2n) is 5.78. The molecule has 7 nitrogen and oxygen atoms in total. The van der Waals surface area contributed by atoms with Gasteiger partial charge in [-0.25, -0.2) is 13.1 Å². The SMILES string of the molecule is COC(=O)CCC(=O)Nc1ccc(S(=O)(=O)NCCc2ccccc2)cc1. The quantitative estimate of drug-likeness (QED) is 0.639. The van der Waals surface area contributed by atoms with Crippen molar-refractivity contribution in [1.82, 2.24) is 4.72 Å². The number of sulfonamides is 1. The van der Waals surface area contributed by atoms with Crippen molar-refractivity contribution in [2.45, 2.75) is 24.2 Å². The van der Waals surface area contributed by atoms with Crippen molar-refractivity contribution in [3.05, 3.63) is 60.2 Å². The third-order valence-corrected chi connectivity index (χ3v) is 5.26. The van der Waals surface area contributed by atoms with Gasteiger partial charge in [-0.3, -0.25) is 9.59 Å². The minimum Gasteiger partial charge on any atom is -0.469 e. The molecule has 0 radical (unpaired) electrons. The lowest BCUT2D eigenvalue weighted by atomic mass is 10.2. The van der Waals surface area contributed by atoms with Crippen LogP contribution in [-0.4, -0.2) is 33.9 Å². The number of hydrogen-bond donors (Lipinski definition) is 2. The van der Waals surface area contributed by atoms with Gasteiger partial charge in [0.25, 0.3) is 0 Å². The van der Waals surface area contributed by atoms with Gasteiger partial charge in [0.1, 0.15) is 0 Å². The fourth-order valence-electron chi connectivity index (χ4n) is 2.32. The third-order valence-electron chi connectivity index (χ3n) is 3.78. The Bertz CT molecular complexity index is 865. The minimum atomic E-state index is -3.62. The maximum absolute atomic E-state index is 12.3. The molecule has 0 saturated carbocycles. The second-order valence-corrected chi connectivity index (χ2v) is 7.55. The normalized spacial score (nSPS) is 11.0. The summed E-state index contributed by atoms with van der Waals surface area (Å²) in [6.45, 7) is 0.290. The van der Waals surface area contributed by atoms with E-state index in [9.17, 15) is 18.0 Å². The molecule has 0 aliphatic carbocycles. The highest BCUT2D eigenvalue weighted by molar-refractivity contribution is 7.89. The average molecular weight is 390 g/mol. The summed E-state index contributed by atoms with van der Waals surface area (Å²) < 4.78 is 31.7. The smallest absolute Gasteiger partial charge is 0.306 e. The summed E-state index contributed by atoms with van der Waals surface area (Å²) in [5.74, 6) is -0.815. The van der Waals surface area contributed by atoms with E-state index in [0.29, 0.717) is 18.7 Å². The zero-order valence-corrected chi connectivity index (χ0v) is 15.8. The number of rotatable bonds is 9. The molecule has 0 fully saturated rings. The first-order chi connectivity index (χ1) is 12.9. The summed E-state index contributed by atoms with van der Waals surface area (Å²) >= 11 is 0. The molecule has 0 unspecified atom stereocenters. The summed E-state index contributed by atoms with van der Waals surface area (Å²) in [4.78, 5) is 22.9. The molecule has 2 aromatic rings. The first-order valence-electron chi connectivity index (χ1n) is 8.41. The van der Waals surface area contributed by atoms with Crippen LogP contribution in [0.25, 0.3) is 0 Å². The van der Waals surface area contributed by atoms with Gasteiger partial charge < -0.3 is 10.1 Å². The topological polar surface area (TPSA) is 102 Å². The predicted octanol–water partition coefficient (Wildman–Crippen LogP) is 2.10. The molecule has 0 bridgehead atoms.